The Morgan fingerprint density at radius 2 is 2.00 bits per heavy atom. The third-order valence-corrected chi connectivity index (χ3v) is 4.92. The molecule has 1 aliphatic carbocycles. The number of nitrogens with zero attached hydrogens (tertiary/aromatic N) is 2. The fraction of sp³-hybridized carbons (Fsp3) is 0.476. The molecule has 7 nitrogen and oxygen atoms in total. The first-order valence-corrected chi connectivity index (χ1v) is 9.83. The van der Waals surface area contributed by atoms with Gasteiger partial charge in [0.1, 0.15) is 6.26 Å². The van der Waals surface area contributed by atoms with Gasteiger partial charge in [0.15, 0.2) is 5.96 Å². The van der Waals surface area contributed by atoms with E-state index in [9.17, 15) is 4.79 Å². The first kappa shape index (κ1) is 19.9. The predicted octanol–water partition coefficient (Wildman–Crippen LogP) is 3.13. The van der Waals surface area contributed by atoms with Crippen molar-refractivity contribution in [1.82, 2.24) is 15.6 Å². The van der Waals surface area contributed by atoms with Crippen molar-refractivity contribution in [3.63, 3.8) is 0 Å². The summed E-state index contributed by atoms with van der Waals surface area (Å²) in [6.07, 6.45) is 5.19. The summed E-state index contributed by atoms with van der Waals surface area (Å²) in [4.78, 5) is 20.7. The lowest BCUT2D eigenvalue weighted by Gasteiger charge is -2.29. The Bertz CT molecular complexity index is 780. The zero-order valence-electron chi connectivity index (χ0n) is 16.5. The van der Waals surface area contributed by atoms with Crippen molar-refractivity contribution in [2.45, 2.75) is 45.2 Å². The minimum absolute atomic E-state index is 0.0273. The van der Waals surface area contributed by atoms with Crippen LogP contribution in [0, 0.1) is 5.92 Å². The summed E-state index contributed by atoms with van der Waals surface area (Å²) in [7, 11) is 1.75. The van der Waals surface area contributed by atoms with E-state index < -0.39 is 0 Å². The molecule has 2 N–H and O–H groups in total. The molecule has 0 atom stereocenters. The van der Waals surface area contributed by atoms with Crippen molar-refractivity contribution in [3.05, 3.63) is 42.3 Å². The van der Waals surface area contributed by atoms with Crippen LogP contribution in [0.4, 0.5) is 0 Å². The molecule has 1 fully saturated rings. The van der Waals surface area contributed by atoms with E-state index in [0.717, 1.165) is 42.9 Å². The summed E-state index contributed by atoms with van der Waals surface area (Å²) in [5, 5.41) is 6.71. The standard InChI is InChI=1S/C21H28N4O3/c1-3-27-20(26)16-9-11-17(12-10-16)25-21(22-2)23-13-18-14-28-19(24-18)15-7-5-4-6-8-15/h4-8,14,16-17H,3,9-13H2,1-2H3,(H2,22,23,25). The molecule has 28 heavy (non-hydrogen) atoms. The number of rotatable bonds is 6. The summed E-state index contributed by atoms with van der Waals surface area (Å²) in [6, 6.07) is 10.1. The van der Waals surface area contributed by atoms with Crippen LogP contribution in [0.5, 0.6) is 0 Å². The molecular formula is C21H28N4O3. The normalized spacial score (nSPS) is 19.9. The summed E-state index contributed by atoms with van der Waals surface area (Å²) in [6.45, 7) is 2.81. The number of nitrogens with one attached hydrogen (secondary N) is 2. The number of aromatic nitrogens is 1. The highest BCUT2D eigenvalue weighted by Gasteiger charge is 2.27. The third kappa shape index (κ3) is 5.34. The molecule has 1 aromatic carbocycles. The number of benzene rings is 1. The Morgan fingerprint density at radius 3 is 2.68 bits per heavy atom. The second-order valence-electron chi connectivity index (χ2n) is 6.88. The van der Waals surface area contributed by atoms with Gasteiger partial charge in [-0.1, -0.05) is 18.2 Å². The van der Waals surface area contributed by atoms with Crippen LogP contribution in [0.25, 0.3) is 11.5 Å². The molecule has 0 unspecified atom stereocenters. The number of ether oxygens (including phenoxy) is 1. The van der Waals surface area contributed by atoms with Gasteiger partial charge in [-0.05, 0) is 44.7 Å². The van der Waals surface area contributed by atoms with Gasteiger partial charge in [0, 0.05) is 18.7 Å². The molecule has 1 aromatic heterocycles. The van der Waals surface area contributed by atoms with Gasteiger partial charge >= 0.3 is 5.97 Å². The SMILES string of the molecule is CCOC(=O)C1CCC(NC(=NC)NCc2coc(-c3ccccc3)n2)CC1. The van der Waals surface area contributed by atoms with Gasteiger partial charge in [-0.25, -0.2) is 4.98 Å². The van der Waals surface area contributed by atoms with E-state index in [4.69, 9.17) is 9.15 Å². The molecule has 0 aliphatic heterocycles. The average Bonchev–Trinajstić information content (AvgIpc) is 3.21. The Hall–Kier alpha value is -2.83. The van der Waals surface area contributed by atoms with Crippen LogP contribution < -0.4 is 10.6 Å². The van der Waals surface area contributed by atoms with Crippen molar-refractivity contribution in [1.29, 1.82) is 0 Å². The molecule has 0 saturated heterocycles. The first-order valence-electron chi connectivity index (χ1n) is 9.83. The van der Waals surface area contributed by atoms with Gasteiger partial charge in [-0.15, -0.1) is 0 Å². The van der Waals surface area contributed by atoms with E-state index in [0.29, 0.717) is 25.1 Å². The molecule has 7 heteroatoms. The molecule has 3 rings (SSSR count). The minimum Gasteiger partial charge on any atom is -0.466 e. The Morgan fingerprint density at radius 1 is 1.25 bits per heavy atom. The fourth-order valence-electron chi connectivity index (χ4n) is 3.40. The smallest absolute Gasteiger partial charge is 0.308 e. The minimum atomic E-state index is -0.0660. The van der Waals surface area contributed by atoms with E-state index in [2.05, 4.69) is 20.6 Å². The maximum atomic E-state index is 11.9. The van der Waals surface area contributed by atoms with Crippen molar-refractivity contribution in [3.8, 4) is 11.5 Å². The van der Waals surface area contributed by atoms with Crippen LogP contribution in [0.2, 0.25) is 0 Å². The molecule has 1 aliphatic rings. The molecule has 0 radical (unpaired) electrons. The molecule has 1 heterocycles. The summed E-state index contributed by atoms with van der Waals surface area (Å²) in [5.41, 5.74) is 1.77. The lowest BCUT2D eigenvalue weighted by atomic mass is 9.86. The molecule has 2 aromatic rings. The number of aliphatic imine (C=N–C) groups is 1. The van der Waals surface area contributed by atoms with Gasteiger partial charge in [0.05, 0.1) is 24.8 Å². The summed E-state index contributed by atoms with van der Waals surface area (Å²) in [5.74, 6) is 1.30. The van der Waals surface area contributed by atoms with E-state index >= 15 is 0 Å². The van der Waals surface area contributed by atoms with Crippen LogP contribution in [-0.2, 0) is 16.1 Å². The van der Waals surface area contributed by atoms with Gasteiger partial charge in [0.2, 0.25) is 5.89 Å². The maximum Gasteiger partial charge on any atom is 0.308 e. The van der Waals surface area contributed by atoms with Crippen molar-refractivity contribution < 1.29 is 13.9 Å². The van der Waals surface area contributed by atoms with Gasteiger partial charge in [-0.2, -0.15) is 0 Å². The molecule has 0 spiro atoms. The van der Waals surface area contributed by atoms with Gasteiger partial charge in [-0.3, -0.25) is 9.79 Å². The highest BCUT2D eigenvalue weighted by Crippen LogP contribution is 2.25. The molecule has 0 amide bonds. The highest BCUT2D eigenvalue weighted by atomic mass is 16.5. The molecular weight excluding hydrogens is 356 g/mol. The Kier molecular flexibility index (Phi) is 7.06. The lowest BCUT2D eigenvalue weighted by Crippen LogP contribution is -2.45. The van der Waals surface area contributed by atoms with Gasteiger partial charge < -0.3 is 19.8 Å². The first-order chi connectivity index (χ1) is 13.7. The van der Waals surface area contributed by atoms with Crippen molar-refractivity contribution in [2.75, 3.05) is 13.7 Å². The van der Waals surface area contributed by atoms with E-state index in [1.807, 2.05) is 37.3 Å². The van der Waals surface area contributed by atoms with Crippen molar-refractivity contribution in [2.24, 2.45) is 10.9 Å². The zero-order valence-corrected chi connectivity index (χ0v) is 16.5. The second kappa shape index (κ2) is 9.92. The van der Waals surface area contributed by atoms with Crippen LogP contribution in [0.3, 0.4) is 0 Å². The number of esters is 1. The van der Waals surface area contributed by atoms with Crippen LogP contribution in [-0.4, -0.2) is 36.6 Å². The Labute approximate surface area is 165 Å². The third-order valence-electron chi connectivity index (χ3n) is 4.92. The van der Waals surface area contributed by atoms with E-state index in [-0.39, 0.29) is 11.9 Å². The number of hydrogen-bond acceptors (Lipinski definition) is 5. The van der Waals surface area contributed by atoms with E-state index in [1.54, 1.807) is 13.3 Å². The second-order valence-corrected chi connectivity index (χ2v) is 6.88. The monoisotopic (exact) mass is 384 g/mol. The number of carbonyl (C=O) groups excluding carboxylic acids is 1. The fourth-order valence-corrected chi connectivity index (χ4v) is 3.40. The van der Waals surface area contributed by atoms with Crippen molar-refractivity contribution >= 4 is 11.9 Å². The van der Waals surface area contributed by atoms with Crippen LogP contribution in [0.15, 0.2) is 46.0 Å². The average molecular weight is 384 g/mol. The summed E-state index contributed by atoms with van der Waals surface area (Å²) < 4.78 is 10.7. The van der Waals surface area contributed by atoms with Crippen LogP contribution >= 0.6 is 0 Å². The van der Waals surface area contributed by atoms with E-state index in [1.165, 1.54) is 0 Å². The Balaban J connectivity index is 1.46. The maximum absolute atomic E-state index is 11.9. The number of guanidine groups is 1. The quantitative estimate of drug-likeness (QED) is 0.452. The molecule has 1 saturated carbocycles. The lowest BCUT2D eigenvalue weighted by molar-refractivity contribution is -0.149. The largest absolute Gasteiger partial charge is 0.466 e. The molecule has 150 valence electrons. The van der Waals surface area contributed by atoms with Gasteiger partial charge in [0.25, 0.3) is 0 Å². The zero-order chi connectivity index (χ0) is 19.8. The number of carbonyl (C=O) groups is 1. The predicted molar refractivity (Wildman–Crippen MR) is 108 cm³/mol. The summed E-state index contributed by atoms with van der Waals surface area (Å²) >= 11 is 0. The van der Waals surface area contributed by atoms with Crippen LogP contribution in [0.1, 0.15) is 38.3 Å². The number of oxazole rings is 1. The molecule has 0 bridgehead atoms. The topological polar surface area (TPSA) is 88.8 Å². The highest BCUT2D eigenvalue weighted by molar-refractivity contribution is 5.80. The number of hydrogen-bond donors (Lipinski definition) is 2.